The lowest BCUT2D eigenvalue weighted by Gasteiger charge is -2.38. The van der Waals surface area contributed by atoms with Gasteiger partial charge in [0.05, 0.1) is 12.8 Å². The highest BCUT2D eigenvalue weighted by atomic mass is 16.5. The van der Waals surface area contributed by atoms with Crippen molar-refractivity contribution in [1.82, 2.24) is 4.90 Å². The summed E-state index contributed by atoms with van der Waals surface area (Å²) in [4.78, 5) is 12.9. The highest BCUT2D eigenvalue weighted by molar-refractivity contribution is 6.12. The molecule has 2 rings (SSSR count). The van der Waals surface area contributed by atoms with Crippen LogP contribution < -0.4 is 26.8 Å². The lowest BCUT2D eigenvalue weighted by molar-refractivity contribution is 0.386. The van der Waals surface area contributed by atoms with Crippen molar-refractivity contribution in [3.05, 3.63) is 36.2 Å². The Kier molecular flexibility index (Phi) is 7.10. The molecule has 0 saturated carbocycles. The Morgan fingerprint density at radius 3 is 2.37 bits per heavy atom. The smallest absolute Gasteiger partial charge is 0.143 e. The van der Waals surface area contributed by atoms with Crippen molar-refractivity contribution in [3.8, 4) is 5.75 Å². The molecule has 0 aromatic heterocycles. The molecule has 1 saturated heterocycles. The summed E-state index contributed by atoms with van der Waals surface area (Å²) in [7, 11) is 5.10. The van der Waals surface area contributed by atoms with E-state index in [4.69, 9.17) is 21.9 Å². The number of nitrogen functional groups attached to an aromatic ring is 1. The molecule has 146 valence electrons. The van der Waals surface area contributed by atoms with Crippen LogP contribution >= 0.6 is 0 Å². The molecule has 1 aliphatic rings. The highest BCUT2D eigenvalue weighted by Gasteiger charge is 2.22. The zero-order chi connectivity index (χ0) is 19.8. The summed E-state index contributed by atoms with van der Waals surface area (Å²) >= 11 is 0. The maximum Gasteiger partial charge on any atom is 0.143 e. The Morgan fingerprint density at radius 1 is 1.15 bits per heavy atom. The van der Waals surface area contributed by atoms with Gasteiger partial charge in [0, 0.05) is 75.6 Å². The van der Waals surface area contributed by atoms with E-state index in [0.717, 1.165) is 48.8 Å². The van der Waals surface area contributed by atoms with Crippen LogP contribution in [-0.2, 0) is 0 Å². The average molecular weight is 371 g/mol. The normalized spacial score (nSPS) is 16.6. The number of ether oxygens (including phenoxy) is 1. The Bertz CT molecular complexity index is 760. The molecule has 0 aliphatic carbocycles. The third kappa shape index (κ3) is 4.52. The van der Waals surface area contributed by atoms with Gasteiger partial charge < -0.3 is 31.7 Å². The topological polar surface area (TPSA) is 118 Å². The number of benzene rings is 1. The summed E-state index contributed by atoms with van der Waals surface area (Å²) in [5, 5.41) is 0. The second-order valence-electron chi connectivity index (χ2n) is 6.04. The Labute approximate surface area is 160 Å². The summed E-state index contributed by atoms with van der Waals surface area (Å²) in [5.41, 5.74) is 20.8. The summed E-state index contributed by atoms with van der Waals surface area (Å²) in [6.07, 6.45) is 6.61. The molecule has 1 heterocycles. The molecule has 0 amide bonds. The van der Waals surface area contributed by atoms with Gasteiger partial charge in [-0.2, -0.15) is 0 Å². The Balaban J connectivity index is 2.35. The molecule has 0 spiro atoms. The molecule has 27 heavy (non-hydrogen) atoms. The van der Waals surface area contributed by atoms with Crippen LogP contribution in [0.4, 0.5) is 11.4 Å². The summed E-state index contributed by atoms with van der Waals surface area (Å²) in [5.74, 6) is 1.52. The Morgan fingerprint density at radius 2 is 1.85 bits per heavy atom. The van der Waals surface area contributed by atoms with Crippen LogP contribution in [0.15, 0.2) is 40.6 Å². The fraction of sp³-hybridized carbons (Fsp3) is 0.368. The molecule has 8 heteroatoms. The van der Waals surface area contributed by atoms with Gasteiger partial charge in [-0.15, -0.1) is 0 Å². The number of rotatable bonds is 5. The second kappa shape index (κ2) is 9.51. The lowest BCUT2D eigenvalue weighted by Crippen LogP contribution is -2.48. The minimum atomic E-state index is 0.562. The summed E-state index contributed by atoms with van der Waals surface area (Å²) in [6, 6.07) is 3.85. The van der Waals surface area contributed by atoms with E-state index >= 15 is 0 Å². The molecule has 8 nitrogen and oxygen atoms in total. The number of nitrogens with zero attached hydrogens (tertiary/aromatic N) is 4. The van der Waals surface area contributed by atoms with Crippen molar-refractivity contribution < 1.29 is 4.74 Å². The summed E-state index contributed by atoms with van der Waals surface area (Å²) in [6.45, 7) is 3.29. The van der Waals surface area contributed by atoms with E-state index in [1.54, 1.807) is 33.6 Å². The maximum absolute atomic E-state index is 6.13. The van der Waals surface area contributed by atoms with Gasteiger partial charge in [0.2, 0.25) is 0 Å². The largest absolute Gasteiger partial charge is 0.495 e. The molecular formula is C19H29N7O. The van der Waals surface area contributed by atoms with E-state index in [2.05, 4.69) is 19.8 Å². The van der Waals surface area contributed by atoms with Crippen LogP contribution in [0.3, 0.4) is 0 Å². The molecule has 1 fully saturated rings. The zero-order valence-corrected chi connectivity index (χ0v) is 16.2. The van der Waals surface area contributed by atoms with E-state index in [-0.39, 0.29) is 0 Å². The zero-order valence-electron chi connectivity index (χ0n) is 16.2. The van der Waals surface area contributed by atoms with Crippen LogP contribution in [0, 0.1) is 0 Å². The number of hydrogen-bond donors (Lipinski definition) is 3. The van der Waals surface area contributed by atoms with Gasteiger partial charge in [-0.1, -0.05) is 0 Å². The molecule has 1 aromatic rings. The van der Waals surface area contributed by atoms with Crippen LogP contribution in [0.2, 0.25) is 0 Å². The van der Waals surface area contributed by atoms with E-state index in [1.165, 1.54) is 6.20 Å². The number of anilines is 2. The molecule has 1 aliphatic heterocycles. The van der Waals surface area contributed by atoms with Crippen LogP contribution in [0.25, 0.3) is 5.57 Å². The fourth-order valence-corrected chi connectivity index (χ4v) is 3.18. The van der Waals surface area contributed by atoms with Crippen molar-refractivity contribution in [3.63, 3.8) is 0 Å². The number of hydrogen-bond acceptors (Lipinski definition) is 7. The number of aliphatic imine (C=N–C) groups is 2. The van der Waals surface area contributed by atoms with Gasteiger partial charge in [-0.3, -0.25) is 9.98 Å². The highest BCUT2D eigenvalue weighted by Crippen LogP contribution is 2.35. The van der Waals surface area contributed by atoms with Gasteiger partial charge in [-0.05, 0) is 18.3 Å². The first-order valence-electron chi connectivity index (χ1n) is 8.76. The minimum absolute atomic E-state index is 0.562. The van der Waals surface area contributed by atoms with Gasteiger partial charge in [0.1, 0.15) is 11.6 Å². The van der Waals surface area contributed by atoms with Crippen molar-refractivity contribution >= 4 is 29.0 Å². The van der Waals surface area contributed by atoms with Gasteiger partial charge in [0.15, 0.2) is 0 Å². The first-order chi connectivity index (χ1) is 13.1. The molecule has 0 bridgehead atoms. The van der Waals surface area contributed by atoms with Crippen molar-refractivity contribution in [2.24, 2.45) is 21.5 Å². The number of allylic oxidation sites excluding steroid dienone is 1. The molecule has 0 radical (unpaired) electrons. The van der Waals surface area contributed by atoms with Crippen LogP contribution in [0.5, 0.6) is 5.75 Å². The third-order valence-corrected chi connectivity index (χ3v) is 4.53. The number of piperazine rings is 1. The first-order valence-corrected chi connectivity index (χ1v) is 8.76. The fourth-order valence-electron chi connectivity index (χ4n) is 3.18. The number of nitrogens with two attached hydrogens (primary N) is 3. The predicted octanol–water partition coefficient (Wildman–Crippen LogP) is 0.900. The average Bonchev–Trinajstić information content (AvgIpc) is 2.70. The van der Waals surface area contributed by atoms with Crippen molar-refractivity contribution in [1.29, 1.82) is 0 Å². The van der Waals surface area contributed by atoms with Crippen LogP contribution in [0.1, 0.15) is 5.56 Å². The van der Waals surface area contributed by atoms with E-state index in [9.17, 15) is 0 Å². The Hall–Kier alpha value is -3.16. The summed E-state index contributed by atoms with van der Waals surface area (Å²) < 4.78 is 5.42. The molecular weight excluding hydrogens is 342 g/mol. The quantitative estimate of drug-likeness (QED) is 0.402. The van der Waals surface area contributed by atoms with Gasteiger partial charge in [0.25, 0.3) is 0 Å². The number of amidine groups is 1. The van der Waals surface area contributed by atoms with Crippen molar-refractivity contribution in [2.45, 2.75) is 0 Å². The molecule has 6 N–H and O–H groups in total. The predicted molar refractivity (Wildman–Crippen MR) is 114 cm³/mol. The van der Waals surface area contributed by atoms with E-state index in [1.807, 2.05) is 18.2 Å². The molecule has 0 atom stereocenters. The van der Waals surface area contributed by atoms with Crippen LogP contribution in [-0.4, -0.2) is 64.3 Å². The lowest BCUT2D eigenvalue weighted by atomic mass is 10.0. The second-order valence-corrected chi connectivity index (χ2v) is 6.04. The first kappa shape index (κ1) is 20.2. The SMILES string of the molecule is CN=CC(=CN)c1cc(N)c(OC)cc1N1CCN(C(C=CN)=NC)CC1. The molecule has 0 unspecified atom stereocenters. The maximum atomic E-state index is 6.13. The van der Waals surface area contributed by atoms with Gasteiger partial charge in [-0.25, -0.2) is 0 Å². The monoisotopic (exact) mass is 371 g/mol. The standard InChI is InChI=1S/C19H29N7O/c1-23-13-14(12-21)15-10-16(22)18(27-3)11-17(15)25-6-8-26(9-7-25)19(24-2)4-5-20/h4-5,10-13H,6-9,20-22H2,1-3H3. The number of methoxy groups -OCH3 is 1. The van der Waals surface area contributed by atoms with E-state index in [0.29, 0.717) is 11.4 Å². The van der Waals surface area contributed by atoms with Crippen molar-refractivity contribution in [2.75, 3.05) is 58.0 Å². The third-order valence-electron chi connectivity index (χ3n) is 4.53. The van der Waals surface area contributed by atoms with E-state index < -0.39 is 0 Å². The van der Waals surface area contributed by atoms with Gasteiger partial charge >= 0.3 is 0 Å². The molecule has 1 aromatic carbocycles. The minimum Gasteiger partial charge on any atom is -0.495 e.